The van der Waals surface area contributed by atoms with E-state index in [0.29, 0.717) is 6.54 Å². The Hall–Kier alpha value is -1.58. The van der Waals surface area contributed by atoms with Crippen molar-refractivity contribution in [3.8, 4) is 0 Å². The van der Waals surface area contributed by atoms with Gasteiger partial charge in [-0.05, 0) is 24.6 Å². The zero-order chi connectivity index (χ0) is 12.1. The largest absolute Gasteiger partial charge is 0.387 e. The smallest absolute Gasteiger partial charge is 0.0914 e. The fraction of sp³-hybridized carbons (Fsp3) is 0.286. The van der Waals surface area contributed by atoms with Crippen LogP contribution in [0.3, 0.4) is 0 Å². The van der Waals surface area contributed by atoms with Crippen LogP contribution in [0.25, 0.3) is 0 Å². The number of aromatic amines is 1. The molecule has 1 heterocycles. The Morgan fingerprint density at radius 3 is 2.65 bits per heavy atom. The van der Waals surface area contributed by atoms with Gasteiger partial charge in [-0.1, -0.05) is 29.8 Å². The number of aromatic nitrogens is 1. The molecule has 0 radical (unpaired) electrons. The van der Waals surface area contributed by atoms with Crippen LogP contribution in [-0.2, 0) is 6.54 Å². The van der Waals surface area contributed by atoms with Crippen LogP contribution in [0.1, 0.15) is 22.9 Å². The van der Waals surface area contributed by atoms with Crippen molar-refractivity contribution >= 4 is 0 Å². The summed E-state index contributed by atoms with van der Waals surface area (Å²) in [6.45, 7) is 3.34. The number of benzene rings is 1. The van der Waals surface area contributed by atoms with Crippen LogP contribution in [0.15, 0.2) is 42.6 Å². The predicted octanol–water partition coefficient (Wildman–Crippen LogP) is 2.15. The molecular formula is C14H18N2O. The van der Waals surface area contributed by atoms with Crippen molar-refractivity contribution in [1.29, 1.82) is 0 Å². The van der Waals surface area contributed by atoms with Crippen LogP contribution in [0.2, 0.25) is 0 Å². The normalized spacial score (nSPS) is 12.6. The molecular weight excluding hydrogens is 212 g/mol. The Kier molecular flexibility index (Phi) is 3.96. The number of aliphatic hydroxyl groups is 1. The van der Waals surface area contributed by atoms with Crippen LogP contribution in [0.4, 0.5) is 0 Å². The van der Waals surface area contributed by atoms with Crippen molar-refractivity contribution in [3.63, 3.8) is 0 Å². The lowest BCUT2D eigenvalue weighted by molar-refractivity contribution is 0.174. The molecule has 3 N–H and O–H groups in total. The average molecular weight is 230 g/mol. The summed E-state index contributed by atoms with van der Waals surface area (Å²) in [7, 11) is 0. The first-order valence-electron chi connectivity index (χ1n) is 5.83. The molecule has 0 amide bonds. The van der Waals surface area contributed by atoms with Gasteiger partial charge < -0.3 is 15.4 Å². The average Bonchev–Trinajstić information content (AvgIpc) is 2.83. The third kappa shape index (κ3) is 3.44. The van der Waals surface area contributed by atoms with Gasteiger partial charge in [0.05, 0.1) is 6.10 Å². The van der Waals surface area contributed by atoms with Crippen LogP contribution in [-0.4, -0.2) is 16.6 Å². The molecule has 1 aromatic carbocycles. The second kappa shape index (κ2) is 5.66. The van der Waals surface area contributed by atoms with Gasteiger partial charge in [-0.15, -0.1) is 0 Å². The van der Waals surface area contributed by atoms with E-state index in [1.807, 2.05) is 49.5 Å². The quantitative estimate of drug-likeness (QED) is 0.737. The van der Waals surface area contributed by atoms with E-state index in [9.17, 15) is 5.11 Å². The van der Waals surface area contributed by atoms with Crippen molar-refractivity contribution < 1.29 is 5.11 Å². The van der Waals surface area contributed by atoms with Crippen molar-refractivity contribution in [2.45, 2.75) is 19.6 Å². The maximum atomic E-state index is 9.97. The number of H-pyrrole nitrogens is 1. The van der Waals surface area contributed by atoms with Gasteiger partial charge in [0.25, 0.3) is 0 Å². The van der Waals surface area contributed by atoms with E-state index < -0.39 is 6.10 Å². The van der Waals surface area contributed by atoms with Crippen molar-refractivity contribution in [3.05, 3.63) is 59.4 Å². The van der Waals surface area contributed by atoms with Gasteiger partial charge in [0.15, 0.2) is 0 Å². The molecule has 1 aromatic heterocycles. The lowest BCUT2D eigenvalue weighted by Crippen LogP contribution is -2.21. The van der Waals surface area contributed by atoms with E-state index in [0.717, 1.165) is 17.8 Å². The molecule has 0 spiro atoms. The highest BCUT2D eigenvalue weighted by Crippen LogP contribution is 2.12. The van der Waals surface area contributed by atoms with Gasteiger partial charge in [-0.3, -0.25) is 0 Å². The van der Waals surface area contributed by atoms with E-state index in [-0.39, 0.29) is 0 Å². The van der Waals surface area contributed by atoms with Gasteiger partial charge >= 0.3 is 0 Å². The molecule has 17 heavy (non-hydrogen) atoms. The summed E-state index contributed by atoms with van der Waals surface area (Å²) in [6.07, 6.45) is 1.44. The fourth-order valence-electron chi connectivity index (χ4n) is 1.73. The highest BCUT2D eigenvalue weighted by atomic mass is 16.3. The molecule has 2 rings (SSSR count). The van der Waals surface area contributed by atoms with Gasteiger partial charge in [-0.25, -0.2) is 0 Å². The minimum atomic E-state index is -0.453. The maximum absolute atomic E-state index is 9.97. The molecule has 0 saturated carbocycles. The lowest BCUT2D eigenvalue weighted by atomic mass is 10.1. The van der Waals surface area contributed by atoms with Crippen LogP contribution >= 0.6 is 0 Å². The highest BCUT2D eigenvalue weighted by molar-refractivity contribution is 5.23. The third-order valence-electron chi connectivity index (χ3n) is 2.78. The maximum Gasteiger partial charge on any atom is 0.0914 e. The Bertz CT molecular complexity index is 434. The Morgan fingerprint density at radius 2 is 2.00 bits per heavy atom. The molecule has 0 aliphatic carbocycles. The topological polar surface area (TPSA) is 48.0 Å². The molecule has 0 aliphatic heterocycles. The molecule has 1 atom stereocenters. The van der Waals surface area contributed by atoms with Crippen molar-refractivity contribution in [1.82, 2.24) is 10.3 Å². The zero-order valence-corrected chi connectivity index (χ0v) is 9.98. The molecule has 0 fully saturated rings. The summed E-state index contributed by atoms with van der Waals surface area (Å²) in [6, 6.07) is 12.0. The molecule has 3 heteroatoms. The molecule has 2 aromatic rings. The van der Waals surface area contributed by atoms with Gasteiger partial charge in [0.1, 0.15) is 0 Å². The molecule has 90 valence electrons. The molecule has 0 aliphatic rings. The number of nitrogens with one attached hydrogen (secondary N) is 2. The molecule has 1 unspecified atom stereocenters. The van der Waals surface area contributed by atoms with E-state index in [2.05, 4.69) is 10.3 Å². The van der Waals surface area contributed by atoms with Gasteiger partial charge in [0, 0.05) is 25.0 Å². The SMILES string of the molecule is Cc1ccc(C(O)CNCc2ccc[nH]2)cc1. The fourth-order valence-corrected chi connectivity index (χ4v) is 1.73. The number of rotatable bonds is 5. The first-order chi connectivity index (χ1) is 8.25. The Morgan fingerprint density at radius 1 is 1.24 bits per heavy atom. The summed E-state index contributed by atoms with van der Waals surface area (Å²) >= 11 is 0. The summed E-state index contributed by atoms with van der Waals surface area (Å²) < 4.78 is 0. The monoisotopic (exact) mass is 230 g/mol. The highest BCUT2D eigenvalue weighted by Gasteiger charge is 2.06. The molecule has 0 bridgehead atoms. The predicted molar refractivity (Wildman–Crippen MR) is 68.6 cm³/mol. The summed E-state index contributed by atoms with van der Waals surface area (Å²) in [5, 5.41) is 13.2. The van der Waals surface area contributed by atoms with Gasteiger partial charge in [-0.2, -0.15) is 0 Å². The zero-order valence-electron chi connectivity index (χ0n) is 9.98. The number of hydrogen-bond donors (Lipinski definition) is 3. The minimum absolute atomic E-state index is 0.453. The van der Waals surface area contributed by atoms with Gasteiger partial charge in [0.2, 0.25) is 0 Å². The number of aryl methyl sites for hydroxylation is 1. The van der Waals surface area contributed by atoms with Crippen LogP contribution < -0.4 is 5.32 Å². The van der Waals surface area contributed by atoms with Crippen molar-refractivity contribution in [2.24, 2.45) is 0 Å². The first-order valence-corrected chi connectivity index (χ1v) is 5.83. The van der Waals surface area contributed by atoms with E-state index in [1.54, 1.807) is 0 Å². The Balaban J connectivity index is 1.81. The number of aliphatic hydroxyl groups excluding tert-OH is 1. The van der Waals surface area contributed by atoms with Crippen LogP contribution in [0, 0.1) is 6.92 Å². The molecule has 0 saturated heterocycles. The van der Waals surface area contributed by atoms with Crippen LogP contribution in [0.5, 0.6) is 0 Å². The van der Waals surface area contributed by atoms with E-state index >= 15 is 0 Å². The van der Waals surface area contributed by atoms with E-state index in [4.69, 9.17) is 0 Å². The minimum Gasteiger partial charge on any atom is -0.387 e. The second-order valence-electron chi connectivity index (χ2n) is 4.25. The standard InChI is InChI=1S/C14H18N2O/c1-11-4-6-12(7-5-11)14(17)10-15-9-13-3-2-8-16-13/h2-8,14-17H,9-10H2,1H3. The lowest BCUT2D eigenvalue weighted by Gasteiger charge is -2.12. The number of hydrogen-bond acceptors (Lipinski definition) is 2. The third-order valence-corrected chi connectivity index (χ3v) is 2.78. The summed E-state index contributed by atoms with van der Waals surface area (Å²) in [5.41, 5.74) is 3.29. The summed E-state index contributed by atoms with van der Waals surface area (Å²) in [4.78, 5) is 3.11. The van der Waals surface area contributed by atoms with E-state index in [1.165, 1.54) is 5.56 Å². The summed E-state index contributed by atoms with van der Waals surface area (Å²) in [5.74, 6) is 0. The second-order valence-corrected chi connectivity index (χ2v) is 4.25. The Labute approximate surface area is 102 Å². The molecule has 3 nitrogen and oxygen atoms in total. The van der Waals surface area contributed by atoms with Crippen molar-refractivity contribution in [2.75, 3.05) is 6.54 Å². The first kappa shape index (κ1) is 11.9.